The smallest absolute Gasteiger partial charge is 0.132 e. The van der Waals surface area contributed by atoms with E-state index in [1.54, 1.807) is 6.08 Å². The molecule has 0 atom stereocenters. The van der Waals surface area contributed by atoms with Crippen LogP contribution in [0.1, 0.15) is 11.1 Å². The summed E-state index contributed by atoms with van der Waals surface area (Å²) in [6.07, 6.45) is 1.79. The first kappa shape index (κ1) is 11.7. The zero-order valence-electron chi connectivity index (χ0n) is 9.40. The monoisotopic (exact) mass is 244 g/mol. The first-order chi connectivity index (χ1) is 8.33. The van der Waals surface area contributed by atoms with Gasteiger partial charge in [0.2, 0.25) is 0 Å². The molecule has 2 rings (SSSR count). The molecular weight excluding hydrogens is 232 g/mol. The van der Waals surface area contributed by atoms with Crippen LogP contribution in [0, 0.1) is 0 Å². The third kappa shape index (κ3) is 2.89. The van der Waals surface area contributed by atoms with Crippen LogP contribution in [0.25, 0.3) is 6.08 Å². The highest BCUT2D eigenvalue weighted by atomic mass is 35.5. The van der Waals surface area contributed by atoms with Crippen molar-refractivity contribution in [2.75, 3.05) is 0 Å². The Bertz CT molecular complexity index is 506. The Morgan fingerprint density at radius 2 is 1.88 bits per heavy atom. The molecule has 0 unspecified atom stereocenters. The first-order valence-corrected chi connectivity index (χ1v) is 5.91. The summed E-state index contributed by atoms with van der Waals surface area (Å²) in [6, 6.07) is 15.5. The Labute approximate surface area is 106 Å². The maximum absolute atomic E-state index is 5.89. The molecule has 1 nitrogen and oxygen atoms in total. The molecule has 0 saturated heterocycles. The van der Waals surface area contributed by atoms with E-state index in [9.17, 15) is 0 Å². The van der Waals surface area contributed by atoms with Gasteiger partial charge in [-0.15, -0.1) is 11.6 Å². The Kier molecular flexibility index (Phi) is 3.84. The maximum Gasteiger partial charge on any atom is 0.132 e. The number of hydrogen-bond donors (Lipinski definition) is 0. The van der Waals surface area contributed by atoms with Gasteiger partial charge in [0.1, 0.15) is 11.5 Å². The van der Waals surface area contributed by atoms with Crippen molar-refractivity contribution >= 4 is 17.7 Å². The lowest BCUT2D eigenvalue weighted by molar-refractivity contribution is 0.478. The summed E-state index contributed by atoms with van der Waals surface area (Å²) in [5, 5.41) is 0. The normalized spacial score (nSPS) is 9.94. The molecule has 17 heavy (non-hydrogen) atoms. The van der Waals surface area contributed by atoms with Crippen LogP contribution in [0.5, 0.6) is 11.5 Å². The molecule has 0 N–H and O–H groups in total. The standard InChI is InChI=1S/C15H13ClO/c1-2-12-8-9-13(11-16)15(10-12)17-14-6-4-3-5-7-14/h2-10H,1,11H2. The molecule has 0 radical (unpaired) electrons. The van der Waals surface area contributed by atoms with Crippen molar-refractivity contribution in [1.82, 2.24) is 0 Å². The van der Waals surface area contributed by atoms with E-state index in [2.05, 4.69) is 6.58 Å². The minimum Gasteiger partial charge on any atom is -0.457 e. The minimum atomic E-state index is 0.430. The van der Waals surface area contributed by atoms with Crippen molar-refractivity contribution in [2.45, 2.75) is 5.88 Å². The lowest BCUT2D eigenvalue weighted by atomic mass is 10.1. The van der Waals surface area contributed by atoms with E-state index in [4.69, 9.17) is 16.3 Å². The fraction of sp³-hybridized carbons (Fsp3) is 0.0667. The van der Waals surface area contributed by atoms with Crippen molar-refractivity contribution in [3.05, 3.63) is 66.2 Å². The Balaban J connectivity index is 2.33. The van der Waals surface area contributed by atoms with E-state index in [0.29, 0.717) is 5.88 Å². The molecule has 0 aliphatic rings. The lowest BCUT2D eigenvalue weighted by Gasteiger charge is -2.10. The van der Waals surface area contributed by atoms with Gasteiger partial charge in [0.15, 0.2) is 0 Å². The van der Waals surface area contributed by atoms with Gasteiger partial charge in [0.05, 0.1) is 5.88 Å². The molecule has 2 aromatic rings. The van der Waals surface area contributed by atoms with Gasteiger partial charge in [-0.3, -0.25) is 0 Å². The van der Waals surface area contributed by atoms with Crippen molar-refractivity contribution in [1.29, 1.82) is 0 Å². The Hall–Kier alpha value is -1.73. The van der Waals surface area contributed by atoms with Gasteiger partial charge >= 0.3 is 0 Å². The molecule has 2 aromatic carbocycles. The van der Waals surface area contributed by atoms with E-state index in [1.807, 2.05) is 48.5 Å². The highest BCUT2D eigenvalue weighted by molar-refractivity contribution is 6.17. The molecule has 0 spiro atoms. The lowest BCUT2D eigenvalue weighted by Crippen LogP contribution is -1.90. The zero-order chi connectivity index (χ0) is 12.1. The number of alkyl halides is 1. The van der Waals surface area contributed by atoms with Gasteiger partial charge in [-0.1, -0.05) is 43.0 Å². The molecule has 0 fully saturated rings. The number of ether oxygens (including phenoxy) is 1. The van der Waals surface area contributed by atoms with Gasteiger partial charge in [0, 0.05) is 5.56 Å². The minimum absolute atomic E-state index is 0.430. The SMILES string of the molecule is C=Cc1ccc(CCl)c(Oc2ccccc2)c1. The fourth-order valence-electron chi connectivity index (χ4n) is 1.52. The second-order valence-electron chi connectivity index (χ2n) is 3.62. The van der Waals surface area contributed by atoms with Crippen LogP contribution in [-0.4, -0.2) is 0 Å². The van der Waals surface area contributed by atoms with Crippen LogP contribution >= 0.6 is 11.6 Å². The molecule has 0 aromatic heterocycles. The number of para-hydroxylation sites is 1. The predicted molar refractivity (Wildman–Crippen MR) is 72.6 cm³/mol. The highest BCUT2D eigenvalue weighted by Gasteiger charge is 2.04. The molecule has 0 aliphatic heterocycles. The van der Waals surface area contributed by atoms with Gasteiger partial charge in [-0.25, -0.2) is 0 Å². The van der Waals surface area contributed by atoms with Crippen LogP contribution in [0.4, 0.5) is 0 Å². The summed E-state index contributed by atoms with van der Waals surface area (Å²) in [7, 11) is 0. The molecule has 0 aliphatic carbocycles. The number of halogens is 1. The highest BCUT2D eigenvalue weighted by Crippen LogP contribution is 2.28. The van der Waals surface area contributed by atoms with Crippen LogP contribution in [0.3, 0.4) is 0 Å². The van der Waals surface area contributed by atoms with Gasteiger partial charge in [0.25, 0.3) is 0 Å². The number of benzene rings is 2. The molecule has 0 bridgehead atoms. The molecular formula is C15H13ClO. The quantitative estimate of drug-likeness (QED) is 0.698. The largest absolute Gasteiger partial charge is 0.457 e. The summed E-state index contributed by atoms with van der Waals surface area (Å²) in [4.78, 5) is 0. The van der Waals surface area contributed by atoms with E-state index in [1.165, 1.54) is 0 Å². The van der Waals surface area contributed by atoms with E-state index < -0.39 is 0 Å². The summed E-state index contributed by atoms with van der Waals surface area (Å²) in [5.74, 6) is 2.02. The molecule has 0 heterocycles. The molecule has 0 amide bonds. The third-order valence-corrected chi connectivity index (χ3v) is 2.73. The summed E-state index contributed by atoms with van der Waals surface area (Å²) >= 11 is 5.89. The number of rotatable bonds is 4. The summed E-state index contributed by atoms with van der Waals surface area (Å²) in [6.45, 7) is 3.75. The predicted octanol–water partition coefficient (Wildman–Crippen LogP) is 4.86. The summed E-state index contributed by atoms with van der Waals surface area (Å²) < 4.78 is 5.81. The topological polar surface area (TPSA) is 9.23 Å². The Morgan fingerprint density at radius 3 is 2.53 bits per heavy atom. The second-order valence-corrected chi connectivity index (χ2v) is 3.89. The second kappa shape index (κ2) is 5.55. The van der Waals surface area contributed by atoms with Crippen LogP contribution in [-0.2, 0) is 5.88 Å². The van der Waals surface area contributed by atoms with Crippen molar-refractivity contribution in [3.8, 4) is 11.5 Å². The van der Waals surface area contributed by atoms with E-state index in [0.717, 1.165) is 22.6 Å². The van der Waals surface area contributed by atoms with Gasteiger partial charge in [-0.05, 0) is 23.8 Å². The molecule has 2 heteroatoms. The average molecular weight is 245 g/mol. The van der Waals surface area contributed by atoms with Crippen LogP contribution in [0.2, 0.25) is 0 Å². The van der Waals surface area contributed by atoms with Crippen molar-refractivity contribution in [2.24, 2.45) is 0 Å². The van der Waals surface area contributed by atoms with Crippen LogP contribution in [0.15, 0.2) is 55.1 Å². The fourth-order valence-corrected chi connectivity index (χ4v) is 1.74. The van der Waals surface area contributed by atoms with Gasteiger partial charge < -0.3 is 4.74 Å². The third-order valence-electron chi connectivity index (χ3n) is 2.44. The Morgan fingerprint density at radius 1 is 1.12 bits per heavy atom. The van der Waals surface area contributed by atoms with Gasteiger partial charge in [-0.2, -0.15) is 0 Å². The molecule has 86 valence electrons. The van der Waals surface area contributed by atoms with E-state index in [-0.39, 0.29) is 0 Å². The summed E-state index contributed by atoms with van der Waals surface area (Å²) in [5.41, 5.74) is 1.99. The first-order valence-electron chi connectivity index (χ1n) is 5.37. The van der Waals surface area contributed by atoms with Crippen LogP contribution < -0.4 is 4.74 Å². The van der Waals surface area contributed by atoms with E-state index >= 15 is 0 Å². The maximum atomic E-state index is 5.89. The average Bonchev–Trinajstić information content (AvgIpc) is 2.40. The van der Waals surface area contributed by atoms with Crippen molar-refractivity contribution < 1.29 is 4.74 Å². The van der Waals surface area contributed by atoms with Crippen molar-refractivity contribution in [3.63, 3.8) is 0 Å². The molecule has 0 saturated carbocycles. The zero-order valence-corrected chi connectivity index (χ0v) is 10.2. The number of hydrogen-bond acceptors (Lipinski definition) is 1.